The molecule has 0 radical (unpaired) electrons. The highest BCUT2D eigenvalue weighted by Gasteiger charge is 2.12. The Bertz CT molecular complexity index is 744. The number of nitrogens with zero attached hydrogens (tertiary/aromatic N) is 3. The van der Waals surface area contributed by atoms with Gasteiger partial charge in [0.2, 0.25) is 0 Å². The minimum atomic E-state index is -0.171. The molecule has 3 aromatic rings. The Morgan fingerprint density at radius 2 is 1.90 bits per heavy atom. The van der Waals surface area contributed by atoms with Gasteiger partial charge in [0.05, 0.1) is 17.3 Å². The van der Waals surface area contributed by atoms with Gasteiger partial charge in [-0.2, -0.15) is 4.98 Å². The third-order valence-corrected chi connectivity index (χ3v) is 3.20. The second kappa shape index (κ2) is 5.95. The zero-order chi connectivity index (χ0) is 14.7. The number of hydrogen-bond acceptors (Lipinski definition) is 4. The zero-order valence-corrected chi connectivity index (χ0v) is 11.7. The number of benzene rings is 2. The van der Waals surface area contributed by atoms with Crippen molar-refractivity contribution in [2.75, 3.05) is 0 Å². The Morgan fingerprint density at radius 1 is 1.10 bits per heavy atom. The van der Waals surface area contributed by atoms with Crippen molar-refractivity contribution in [3.8, 4) is 17.4 Å². The first-order chi connectivity index (χ1) is 10.3. The lowest BCUT2D eigenvalue weighted by Gasteiger charge is -2.08. The molecule has 21 heavy (non-hydrogen) atoms. The summed E-state index contributed by atoms with van der Waals surface area (Å²) in [6.45, 7) is -0.171. The van der Waals surface area contributed by atoms with Gasteiger partial charge >= 0.3 is 6.01 Å². The van der Waals surface area contributed by atoms with Gasteiger partial charge in [0.15, 0.2) is 5.75 Å². The van der Waals surface area contributed by atoms with Crippen molar-refractivity contribution in [1.29, 1.82) is 0 Å². The summed E-state index contributed by atoms with van der Waals surface area (Å²) < 4.78 is 7.20. The fourth-order valence-corrected chi connectivity index (χ4v) is 2.12. The van der Waals surface area contributed by atoms with Crippen molar-refractivity contribution < 1.29 is 9.84 Å². The molecule has 106 valence electrons. The average molecular weight is 302 g/mol. The third-order valence-electron chi connectivity index (χ3n) is 2.90. The van der Waals surface area contributed by atoms with E-state index < -0.39 is 0 Å². The summed E-state index contributed by atoms with van der Waals surface area (Å²) in [5.74, 6) is 0.368. The van der Waals surface area contributed by atoms with E-state index in [4.69, 9.17) is 16.3 Å². The molecule has 1 N–H and O–H groups in total. The lowest BCUT2D eigenvalue weighted by atomic mass is 10.2. The van der Waals surface area contributed by atoms with E-state index in [1.54, 1.807) is 29.2 Å². The average Bonchev–Trinajstić information content (AvgIpc) is 2.99. The molecule has 1 heterocycles. The van der Waals surface area contributed by atoms with E-state index >= 15 is 0 Å². The number of aliphatic hydroxyl groups excluding tert-OH is 1. The van der Waals surface area contributed by atoms with Crippen LogP contribution in [0.2, 0.25) is 5.02 Å². The van der Waals surface area contributed by atoms with Crippen LogP contribution in [0.15, 0.2) is 54.9 Å². The SMILES string of the molecule is OCc1cccc(Cl)c1Oc1ncn(-c2ccccc2)n1. The molecule has 0 aliphatic heterocycles. The highest BCUT2D eigenvalue weighted by molar-refractivity contribution is 6.32. The summed E-state index contributed by atoms with van der Waals surface area (Å²) in [5.41, 5.74) is 1.46. The number of aliphatic hydroxyl groups is 1. The fraction of sp³-hybridized carbons (Fsp3) is 0.0667. The van der Waals surface area contributed by atoms with Crippen molar-refractivity contribution >= 4 is 11.6 Å². The highest BCUT2D eigenvalue weighted by Crippen LogP contribution is 2.31. The minimum Gasteiger partial charge on any atom is -0.421 e. The number of rotatable bonds is 4. The number of halogens is 1. The van der Waals surface area contributed by atoms with E-state index in [0.717, 1.165) is 5.69 Å². The molecule has 0 spiro atoms. The first-order valence-electron chi connectivity index (χ1n) is 6.31. The molecule has 0 amide bonds. The molecule has 0 bridgehead atoms. The van der Waals surface area contributed by atoms with Crippen molar-refractivity contribution in [3.05, 3.63) is 65.4 Å². The summed E-state index contributed by atoms with van der Waals surface area (Å²) in [4.78, 5) is 4.09. The first kappa shape index (κ1) is 13.6. The van der Waals surface area contributed by atoms with Gasteiger partial charge in [-0.3, -0.25) is 0 Å². The molecule has 0 atom stereocenters. The predicted octanol–water partition coefficient (Wildman–Crippen LogP) is 3.21. The molecule has 3 rings (SSSR count). The third kappa shape index (κ3) is 2.89. The van der Waals surface area contributed by atoms with Gasteiger partial charge in [-0.1, -0.05) is 41.9 Å². The second-order valence-corrected chi connectivity index (χ2v) is 4.70. The molecule has 6 heteroatoms. The highest BCUT2D eigenvalue weighted by atomic mass is 35.5. The van der Waals surface area contributed by atoms with Gasteiger partial charge in [0.1, 0.15) is 6.33 Å². The van der Waals surface area contributed by atoms with Crippen molar-refractivity contribution in [1.82, 2.24) is 14.8 Å². The molecular weight excluding hydrogens is 290 g/mol. The summed E-state index contributed by atoms with van der Waals surface area (Å²) in [6.07, 6.45) is 1.56. The van der Waals surface area contributed by atoms with Crippen molar-refractivity contribution in [2.24, 2.45) is 0 Å². The normalized spacial score (nSPS) is 10.6. The monoisotopic (exact) mass is 301 g/mol. The zero-order valence-electron chi connectivity index (χ0n) is 11.0. The van der Waals surface area contributed by atoms with Crippen LogP contribution in [0.25, 0.3) is 5.69 Å². The van der Waals surface area contributed by atoms with E-state index in [1.807, 2.05) is 30.3 Å². The molecule has 0 saturated carbocycles. The van der Waals surface area contributed by atoms with Crippen LogP contribution in [0.3, 0.4) is 0 Å². The van der Waals surface area contributed by atoms with Crippen LogP contribution in [0, 0.1) is 0 Å². The molecule has 2 aromatic carbocycles. The van der Waals surface area contributed by atoms with Crippen LogP contribution in [0.5, 0.6) is 11.8 Å². The van der Waals surface area contributed by atoms with Crippen LogP contribution < -0.4 is 4.74 Å². The van der Waals surface area contributed by atoms with Crippen LogP contribution in [-0.2, 0) is 6.61 Å². The molecule has 0 aliphatic rings. The first-order valence-corrected chi connectivity index (χ1v) is 6.69. The quantitative estimate of drug-likeness (QED) is 0.804. The van der Waals surface area contributed by atoms with Crippen LogP contribution in [0.4, 0.5) is 0 Å². The van der Waals surface area contributed by atoms with Gasteiger partial charge in [-0.05, 0) is 18.2 Å². The number of hydrogen-bond donors (Lipinski definition) is 1. The van der Waals surface area contributed by atoms with Gasteiger partial charge in [-0.25, -0.2) is 4.68 Å². The van der Waals surface area contributed by atoms with Gasteiger partial charge < -0.3 is 9.84 Å². The standard InChI is InChI=1S/C15H12ClN3O2/c16-13-8-4-5-11(9-20)14(13)21-15-17-10-19(18-15)12-6-2-1-3-7-12/h1-8,10,20H,9H2. The summed E-state index contributed by atoms with van der Waals surface area (Å²) >= 11 is 6.08. The molecule has 1 aromatic heterocycles. The maximum atomic E-state index is 9.32. The van der Waals surface area contributed by atoms with Gasteiger partial charge in [0, 0.05) is 5.56 Å². The molecule has 5 nitrogen and oxygen atoms in total. The van der Waals surface area contributed by atoms with E-state index in [2.05, 4.69) is 10.1 Å². The minimum absolute atomic E-state index is 0.168. The fourth-order valence-electron chi connectivity index (χ4n) is 1.88. The second-order valence-electron chi connectivity index (χ2n) is 4.30. The Balaban J connectivity index is 1.89. The van der Waals surface area contributed by atoms with E-state index in [-0.39, 0.29) is 12.6 Å². The van der Waals surface area contributed by atoms with Gasteiger partial charge in [-0.15, -0.1) is 5.10 Å². The molecule has 0 unspecified atom stereocenters. The van der Waals surface area contributed by atoms with E-state index in [9.17, 15) is 5.11 Å². The summed E-state index contributed by atoms with van der Waals surface area (Å²) in [5, 5.41) is 14.0. The topological polar surface area (TPSA) is 60.2 Å². The smallest absolute Gasteiger partial charge is 0.341 e. The lowest BCUT2D eigenvalue weighted by Crippen LogP contribution is -1.96. The van der Waals surface area contributed by atoms with Crippen LogP contribution in [0.1, 0.15) is 5.56 Å². The van der Waals surface area contributed by atoms with Crippen molar-refractivity contribution in [3.63, 3.8) is 0 Å². The van der Waals surface area contributed by atoms with E-state index in [0.29, 0.717) is 16.3 Å². The number of ether oxygens (including phenoxy) is 1. The Labute approximate surface area is 126 Å². The Morgan fingerprint density at radius 3 is 2.67 bits per heavy atom. The number of para-hydroxylation sites is 2. The maximum absolute atomic E-state index is 9.32. The van der Waals surface area contributed by atoms with Crippen LogP contribution in [-0.4, -0.2) is 19.9 Å². The van der Waals surface area contributed by atoms with Crippen LogP contribution >= 0.6 is 11.6 Å². The Hall–Kier alpha value is -2.37. The summed E-state index contributed by atoms with van der Waals surface area (Å²) in [7, 11) is 0. The molecule has 0 aliphatic carbocycles. The molecular formula is C15H12ClN3O2. The maximum Gasteiger partial charge on any atom is 0.341 e. The number of aromatic nitrogens is 3. The molecule has 0 saturated heterocycles. The predicted molar refractivity (Wildman–Crippen MR) is 78.8 cm³/mol. The lowest BCUT2D eigenvalue weighted by molar-refractivity contribution is 0.275. The largest absolute Gasteiger partial charge is 0.421 e. The Kier molecular flexibility index (Phi) is 3.85. The van der Waals surface area contributed by atoms with Crippen molar-refractivity contribution in [2.45, 2.75) is 6.61 Å². The van der Waals surface area contributed by atoms with Gasteiger partial charge in [0.25, 0.3) is 0 Å². The summed E-state index contributed by atoms with van der Waals surface area (Å²) in [6, 6.07) is 14.9. The molecule has 0 fully saturated rings. The van der Waals surface area contributed by atoms with E-state index in [1.165, 1.54) is 0 Å².